The zero-order valence-electron chi connectivity index (χ0n) is 10.2. The summed E-state index contributed by atoms with van der Waals surface area (Å²) in [6.45, 7) is 6.80. The summed E-state index contributed by atoms with van der Waals surface area (Å²) in [5.74, 6) is 0.708. The van der Waals surface area contributed by atoms with Gasteiger partial charge in [0.1, 0.15) is 0 Å². The molecule has 0 radical (unpaired) electrons. The van der Waals surface area contributed by atoms with E-state index < -0.39 is 0 Å². The normalized spacial score (nSPS) is 15.4. The molecule has 0 aromatic carbocycles. The van der Waals surface area contributed by atoms with Crippen LogP contribution < -0.4 is 0 Å². The molecule has 0 spiro atoms. The Bertz CT molecular complexity index is 112. The molecular weight excluding hydrogens is 192 g/mol. The molecule has 0 amide bonds. The van der Waals surface area contributed by atoms with E-state index in [1.54, 1.807) is 0 Å². The van der Waals surface area contributed by atoms with Crippen molar-refractivity contribution in [3.05, 3.63) is 0 Å². The van der Waals surface area contributed by atoms with Gasteiger partial charge in [-0.25, -0.2) is 0 Å². The zero-order valence-corrected chi connectivity index (χ0v) is 10.9. The lowest BCUT2D eigenvalue weighted by molar-refractivity contribution is 0.446. The van der Waals surface area contributed by atoms with Crippen molar-refractivity contribution >= 4 is 11.6 Å². The fourth-order valence-corrected chi connectivity index (χ4v) is 2.04. The number of hydrogen-bond donors (Lipinski definition) is 0. The van der Waals surface area contributed by atoms with Crippen LogP contribution in [0.5, 0.6) is 0 Å². The predicted molar refractivity (Wildman–Crippen MR) is 67.1 cm³/mol. The summed E-state index contributed by atoms with van der Waals surface area (Å²) in [5.41, 5.74) is 0. The van der Waals surface area contributed by atoms with Crippen LogP contribution in [-0.4, -0.2) is 5.38 Å². The van der Waals surface area contributed by atoms with E-state index in [2.05, 4.69) is 20.8 Å². The van der Waals surface area contributed by atoms with Crippen LogP contribution in [0.1, 0.15) is 72.1 Å². The van der Waals surface area contributed by atoms with Crippen LogP contribution in [0.4, 0.5) is 0 Å². The van der Waals surface area contributed by atoms with Crippen molar-refractivity contribution in [1.82, 2.24) is 0 Å². The molecule has 0 N–H and O–H groups in total. The van der Waals surface area contributed by atoms with Crippen molar-refractivity contribution in [3.8, 4) is 0 Å². The smallest absolute Gasteiger partial charge is 0.0361 e. The summed E-state index contributed by atoms with van der Waals surface area (Å²) in [6, 6.07) is 0. The highest BCUT2D eigenvalue weighted by Crippen LogP contribution is 2.22. The van der Waals surface area contributed by atoms with E-state index in [4.69, 9.17) is 11.6 Å². The van der Waals surface area contributed by atoms with Crippen molar-refractivity contribution in [2.24, 2.45) is 5.92 Å². The van der Waals surface area contributed by atoms with Crippen molar-refractivity contribution in [2.45, 2.75) is 77.5 Å². The third-order valence-electron chi connectivity index (χ3n) is 2.96. The fraction of sp³-hybridized carbons (Fsp3) is 1.00. The first-order valence-corrected chi connectivity index (χ1v) is 6.80. The number of alkyl halides is 1. The van der Waals surface area contributed by atoms with Gasteiger partial charge >= 0.3 is 0 Å². The number of unbranched alkanes of at least 4 members (excludes halogenated alkanes) is 4. The van der Waals surface area contributed by atoms with Crippen LogP contribution >= 0.6 is 11.6 Å². The lowest BCUT2D eigenvalue weighted by Crippen LogP contribution is -2.11. The summed E-state index contributed by atoms with van der Waals surface area (Å²) >= 11 is 6.32. The van der Waals surface area contributed by atoms with E-state index >= 15 is 0 Å². The Kier molecular flexibility index (Phi) is 10.0. The number of hydrogen-bond acceptors (Lipinski definition) is 0. The Morgan fingerprint density at radius 3 is 2.07 bits per heavy atom. The quantitative estimate of drug-likeness (QED) is 0.360. The van der Waals surface area contributed by atoms with Gasteiger partial charge in [-0.2, -0.15) is 0 Å². The summed E-state index contributed by atoms with van der Waals surface area (Å²) in [5, 5.41) is 0.413. The SMILES string of the molecule is CCCCCCC(C)[C@@H](Cl)CCCC. The standard InChI is InChI=1S/C13H27Cl/c1-4-6-8-9-10-12(3)13(14)11-7-5-2/h12-13H,4-11H2,1-3H3/t12?,13-/m0/s1. The zero-order chi connectivity index (χ0) is 10.8. The molecule has 0 nitrogen and oxygen atoms in total. The summed E-state index contributed by atoms with van der Waals surface area (Å²) in [4.78, 5) is 0. The van der Waals surface area contributed by atoms with E-state index in [1.807, 2.05) is 0 Å². The second-order valence-electron chi connectivity index (χ2n) is 4.48. The van der Waals surface area contributed by atoms with Crippen molar-refractivity contribution in [2.75, 3.05) is 0 Å². The van der Waals surface area contributed by atoms with Crippen LogP contribution in [0.15, 0.2) is 0 Å². The molecule has 0 saturated carbocycles. The van der Waals surface area contributed by atoms with Gasteiger partial charge in [0.2, 0.25) is 0 Å². The minimum atomic E-state index is 0.413. The van der Waals surface area contributed by atoms with E-state index in [-0.39, 0.29) is 0 Å². The molecule has 0 saturated heterocycles. The third kappa shape index (κ3) is 7.67. The van der Waals surface area contributed by atoms with Crippen LogP contribution in [0.2, 0.25) is 0 Å². The lowest BCUT2D eigenvalue weighted by Gasteiger charge is -2.17. The average molecular weight is 219 g/mol. The Balaban J connectivity index is 3.36. The highest BCUT2D eigenvalue weighted by Gasteiger charge is 2.12. The van der Waals surface area contributed by atoms with Crippen LogP contribution in [-0.2, 0) is 0 Å². The topological polar surface area (TPSA) is 0 Å². The molecule has 0 aliphatic rings. The molecular formula is C13H27Cl. The van der Waals surface area contributed by atoms with Crippen molar-refractivity contribution in [1.29, 1.82) is 0 Å². The summed E-state index contributed by atoms with van der Waals surface area (Å²) in [7, 11) is 0. The van der Waals surface area contributed by atoms with Crippen molar-refractivity contribution in [3.63, 3.8) is 0 Å². The molecule has 0 aromatic heterocycles. The van der Waals surface area contributed by atoms with Gasteiger partial charge in [0, 0.05) is 5.38 Å². The van der Waals surface area contributed by atoms with E-state index in [0.29, 0.717) is 11.3 Å². The van der Waals surface area contributed by atoms with Gasteiger partial charge in [-0.05, 0) is 18.8 Å². The molecule has 0 fully saturated rings. The summed E-state index contributed by atoms with van der Waals surface area (Å²) < 4.78 is 0. The predicted octanol–water partition coefficient (Wildman–Crippen LogP) is 5.39. The van der Waals surface area contributed by atoms with Gasteiger partial charge in [-0.1, -0.05) is 59.3 Å². The second kappa shape index (κ2) is 9.83. The van der Waals surface area contributed by atoms with E-state index in [9.17, 15) is 0 Å². The van der Waals surface area contributed by atoms with E-state index in [1.165, 1.54) is 51.4 Å². The molecule has 0 aromatic rings. The highest BCUT2D eigenvalue weighted by molar-refractivity contribution is 6.20. The Morgan fingerprint density at radius 1 is 0.857 bits per heavy atom. The minimum absolute atomic E-state index is 0.413. The molecule has 0 bridgehead atoms. The molecule has 1 heteroatoms. The monoisotopic (exact) mass is 218 g/mol. The van der Waals surface area contributed by atoms with Gasteiger partial charge in [-0.15, -0.1) is 11.6 Å². The Hall–Kier alpha value is 0.290. The van der Waals surface area contributed by atoms with Crippen LogP contribution in [0, 0.1) is 5.92 Å². The molecule has 2 atom stereocenters. The fourth-order valence-electron chi connectivity index (χ4n) is 1.76. The van der Waals surface area contributed by atoms with Gasteiger partial charge in [0.05, 0.1) is 0 Å². The first-order valence-electron chi connectivity index (χ1n) is 6.36. The molecule has 0 aliphatic carbocycles. The number of halogens is 1. The first kappa shape index (κ1) is 14.3. The largest absolute Gasteiger partial charge is 0.123 e. The van der Waals surface area contributed by atoms with Crippen molar-refractivity contribution < 1.29 is 0 Å². The van der Waals surface area contributed by atoms with Gasteiger partial charge in [0.15, 0.2) is 0 Å². The maximum absolute atomic E-state index is 6.32. The lowest BCUT2D eigenvalue weighted by atomic mass is 9.96. The first-order chi connectivity index (χ1) is 6.72. The average Bonchev–Trinajstić information content (AvgIpc) is 2.20. The molecule has 0 rings (SSSR count). The Labute approximate surface area is 95.4 Å². The van der Waals surface area contributed by atoms with Gasteiger partial charge in [0.25, 0.3) is 0 Å². The Morgan fingerprint density at radius 2 is 1.50 bits per heavy atom. The van der Waals surface area contributed by atoms with Gasteiger partial charge < -0.3 is 0 Å². The van der Waals surface area contributed by atoms with E-state index in [0.717, 1.165) is 0 Å². The molecule has 0 aliphatic heterocycles. The molecule has 1 unspecified atom stereocenters. The maximum atomic E-state index is 6.32. The molecule has 0 heterocycles. The highest BCUT2D eigenvalue weighted by atomic mass is 35.5. The maximum Gasteiger partial charge on any atom is 0.0361 e. The van der Waals surface area contributed by atoms with Gasteiger partial charge in [-0.3, -0.25) is 0 Å². The molecule has 14 heavy (non-hydrogen) atoms. The third-order valence-corrected chi connectivity index (χ3v) is 3.61. The summed E-state index contributed by atoms with van der Waals surface area (Å²) in [6.07, 6.45) is 10.5. The minimum Gasteiger partial charge on any atom is -0.123 e. The molecule has 86 valence electrons. The second-order valence-corrected chi connectivity index (χ2v) is 5.05. The van der Waals surface area contributed by atoms with Crippen LogP contribution in [0.3, 0.4) is 0 Å². The number of rotatable bonds is 9. The van der Waals surface area contributed by atoms with Crippen LogP contribution in [0.25, 0.3) is 0 Å².